The third kappa shape index (κ3) is 2.91. The van der Waals surface area contributed by atoms with Crippen LogP contribution in [0.5, 0.6) is 0 Å². The first kappa shape index (κ1) is 10.3. The molecule has 0 aliphatic heterocycles. The summed E-state index contributed by atoms with van der Waals surface area (Å²) in [5, 5.41) is 1.07. The summed E-state index contributed by atoms with van der Waals surface area (Å²) in [5.74, 6) is 0. The lowest BCUT2D eigenvalue weighted by Crippen LogP contribution is -1.90. The third-order valence-corrected chi connectivity index (χ3v) is 2.34. The van der Waals surface area contributed by atoms with Crippen LogP contribution in [-0.2, 0) is 6.42 Å². The molecule has 0 saturated carbocycles. The Morgan fingerprint density at radius 2 is 1.92 bits per heavy atom. The van der Waals surface area contributed by atoms with E-state index in [0.29, 0.717) is 20.8 Å². The van der Waals surface area contributed by atoms with E-state index < -0.39 is 0 Å². The fraction of sp³-hybridized carbons (Fsp3) is 0.125. The van der Waals surface area contributed by atoms with Crippen molar-refractivity contribution in [2.45, 2.75) is 6.42 Å². The van der Waals surface area contributed by atoms with Crippen LogP contribution in [0.15, 0.2) is 18.2 Å². The minimum atomic E-state index is 0.424. The van der Waals surface area contributed by atoms with E-state index in [1.807, 2.05) is 6.07 Å². The van der Waals surface area contributed by atoms with Gasteiger partial charge in [-0.15, -0.1) is 0 Å². The van der Waals surface area contributed by atoms with Crippen LogP contribution in [0.2, 0.25) is 10.0 Å². The largest absolute Gasteiger partial charge is 0.0852 e. The molecule has 0 N–H and O–H groups in total. The van der Waals surface area contributed by atoms with E-state index in [1.165, 1.54) is 0 Å². The topological polar surface area (TPSA) is 0 Å². The van der Waals surface area contributed by atoms with Gasteiger partial charge in [0, 0.05) is 6.42 Å². The fourth-order valence-corrected chi connectivity index (χ4v) is 1.45. The Hall–Kier alpha value is 0.180. The van der Waals surface area contributed by atoms with Gasteiger partial charge in [0.15, 0.2) is 0 Å². The van der Waals surface area contributed by atoms with Crippen LogP contribution in [0.25, 0.3) is 0 Å². The lowest BCUT2D eigenvalue weighted by Gasteiger charge is -1.99. The second-order valence-corrected chi connectivity index (χ2v) is 4.27. The van der Waals surface area contributed by atoms with Crippen molar-refractivity contribution in [1.29, 1.82) is 0 Å². The first-order valence-electron chi connectivity index (χ1n) is 3.22. The Kier molecular flexibility index (Phi) is 3.78. The third-order valence-electron chi connectivity index (χ3n) is 1.33. The van der Waals surface area contributed by atoms with E-state index >= 15 is 0 Å². The molecule has 0 heterocycles. The van der Waals surface area contributed by atoms with Crippen molar-refractivity contribution < 1.29 is 0 Å². The van der Waals surface area contributed by atoms with Gasteiger partial charge in [-0.2, -0.15) is 0 Å². The second kappa shape index (κ2) is 4.43. The van der Waals surface area contributed by atoms with Gasteiger partial charge >= 0.3 is 0 Å². The molecule has 0 amide bonds. The number of rotatable bonds is 2. The molecular weight excluding hydrogens is 235 g/mol. The molecule has 64 valence electrons. The van der Waals surface area contributed by atoms with E-state index in [9.17, 15) is 0 Å². The second-order valence-electron chi connectivity index (χ2n) is 2.28. The van der Waals surface area contributed by atoms with Crippen LogP contribution in [0.4, 0.5) is 0 Å². The highest BCUT2D eigenvalue weighted by atomic mass is 35.5. The van der Waals surface area contributed by atoms with Crippen molar-refractivity contribution >= 4 is 51.3 Å². The van der Waals surface area contributed by atoms with E-state index in [2.05, 4.69) is 0 Å². The van der Waals surface area contributed by atoms with Gasteiger partial charge in [0.25, 0.3) is 0 Å². The van der Waals surface area contributed by atoms with Crippen molar-refractivity contribution in [2.75, 3.05) is 0 Å². The highest BCUT2D eigenvalue weighted by Crippen LogP contribution is 2.23. The molecule has 0 aromatic heterocycles. The SMILES string of the molecule is S=C(Cl)Cc1ccc(Cl)c(Cl)c1. The molecular formula is C8H5Cl3S. The zero-order valence-corrected chi connectivity index (χ0v) is 9.07. The van der Waals surface area contributed by atoms with E-state index in [1.54, 1.807) is 12.1 Å². The summed E-state index contributed by atoms with van der Waals surface area (Å²) < 4.78 is 0.424. The smallest absolute Gasteiger partial charge is 0.0827 e. The highest BCUT2D eigenvalue weighted by Gasteiger charge is 2.00. The predicted octanol–water partition coefficient (Wildman–Crippen LogP) is 4.10. The molecule has 0 atom stereocenters. The molecule has 0 unspecified atom stereocenters. The number of benzene rings is 1. The molecule has 0 aliphatic rings. The average molecular weight is 240 g/mol. The van der Waals surface area contributed by atoms with E-state index in [4.69, 9.17) is 47.0 Å². The minimum Gasteiger partial charge on any atom is -0.0827 e. The Morgan fingerprint density at radius 3 is 2.42 bits per heavy atom. The molecule has 0 bridgehead atoms. The van der Waals surface area contributed by atoms with Crippen molar-refractivity contribution in [3.8, 4) is 0 Å². The van der Waals surface area contributed by atoms with Gasteiger partial charge in [0.1, 0.15) is 0 Å². The lowest BCUT2D eigenvalue weighted by atomic mass is 10.2. The number of halogens is 3. The maximum absolute atomic E-state index is 5.78. The van der Waals surface area contributed by atoms with Gasteiger partial charge in [-0.25, -0.2) is 0 Å². The molecule has 0 saturated heterocycles. The maximum Gasteiger partial charge on any atom is 0.0852 e. The molecule has 0 aliphatic carbocycles. The summed E-state index contributed by atoms with van der Waals surface area (Å²) in [6, 6.07) is 5.34. The van der Waals surface area contributed by atoms with Crippen LogP contribution < -0.4 is 0 Å². The number of thiocarbonyl (C=S) groups is 1. The summed E-state index contributed by atoms with van der Waals surface area (Å²) in [6.45, 7) is 0. The first-order valence-corrected chi connectivity index (χ1v) is 4.76. The van der Waals surface area contributed by atoms with Gasteiger partial charge in [-0.3, -0.25) is 0 Å². The number of hydrogen-bond donors (Lipinski definition) is 0. The van der Waals surface area contributed by atoms with E-state index in [-0.39, 0.29) is 0 Å². The Labute approximate surface area is 91.4 Å². The Morgan fingerprint density at radius 1 is 1.25 bits per heavy atom. The van der Waals surface area contributed by atoms with Crippen LogP contribution in [-0.4, -0.2) is 4.32 Å². The summed E-state index contributed by atoms with van der Waals surface area (Å²) in [4.78, 5) is 0. The van der Waals surface area contributed by atoms with Crippen LogP contribution >= 0.6 is 47.0 Å². The normalized spacial score (nSPS) is 9.92. The minimum absolute atomic E-state index is 0.424. The fourth-order valence-electron chi connectivity index (χ4n) is 0.810. The van der Waals surface area contributed by atoms with Crippen molar-refractivity contribution in [3.63, 3.8) is 0 Å². The molecule has 0 radical (unpaired) electrons. The zero-order chi connectivity index (χ0) is 9.14. The van der Waals surface area contributed by atoms with Crippen LogP contribution in [0.3, 0.4) is 0 Å². The molecule has 0 fully saturated rings. The van der Waals surface area contributed by atoms with Gasteiger partial charge in [0.2, 0.25) is 0 Å². The maximum atomic E-state index is 5.78. The summed E-state index contributed by atoms with van der Waals surface area (Å²) in [5.41, 5.74) is 0.976. The van der Waals surface area contributed by atoms with Crippen molar-refractivity contribution in [3.05, 3.63) is 33.8 Å². The van der Waals surface area contributed by atoms with Gasteiger partial charge < -0.3 is 0 Å². The summed E-state index contributed by atoms with van der Waals surface area (Å²) >= 11 is 21.8. The average Bonchev–Trinajstić information content (AvgIpc) is 1.96. The number of hydrogen-bond acceptors (Lipinski definition) is 1. The van der Waals surface area contributed by atoms with Crippen molar-refractivity contribution in [1.82, 2.24) is 0 Å². The summed E-state index contributed by atoms with van der Waals surface area (Å²) in [6.07, 6.45) is 0.549. The van der Waals surface area contributed by atoms with E-state index in [0.717, 1.165) is 5.56 Å². The molecule has 4 heteroatoms. The lowest BCUT2D eigenvalue weighted by molar-refractivity contribution is 1.37. The quantitative estimate of drug-likeness (QED) is 0.553. The zero-order valence-electron chi connectivity index (χ0n) is 5.98. The summed E-state index contributed by atoms with van der Waals surface area (Å²) in [7, 11) is 0. The van der Waals surface area contributed by atoms with Gasteiger partial charge in [-0.1, -0.05) is 53.1 Å². The van der Waals surface area contributed by atoms with Crippen LogP contribution in [0.1, 0.15) is 5.56 Å². The van der Waals surface area contributed by atoms with Crippen molar-refractivity contribution in [2.24, 2.45) is 0 Å². The molecule has 12 heavy (non-hydrogen) atoms. The Bertz CT molecular complexity index is 309. The standard InChI is InChI=1S/C8H5Cl3S/c9-6-2-1-5(3-7(6)10)4-8(11)12/h1-3H,4H2. The monoisotopic (exact) mass is 238 g/mol. The Balaban J connectivity index is 2.89. The highest BCUT2D eigenvalue weighted by molar-refractivity contribution is 7.83. The van der Waals surface area contributed by atoms with Gasteiger partial charge in [-0.05, 0) is 17.7 Å². The molecule has 1 rings (SSSR count). The predicted molar refractivity (Wildman–Crippen MR) is 58.6 cm³/mol. The molecule has 0 spiro atoms. The first-order chi connectivity index (χ1) is 5.59. The van der Waals surface area contributed by atoms with Gasteiger partial charge in [0.05, 0.1) is 14.4 Å². The van der Waals surface area contributed by atoms with Crippen LogP contribution in [0, 0.1) is 0 Å². The molecule has 0 nitrogen and oxygen atoms in total. The molecule has 1 aromatic carbocycles. The molecule has 1 aromatic rings.